The summed E-state index contributed by atoms with van der Waals surface area (Å²) >= 11 is -2.13. The normalized spacial score (nSPS) is 17.1. The first kappa shape index (κ1) is 13.6. The summed E-state index contributed by atoms with van der Waals surface area (Å²) in [4.78, 5) is 11.1. The molecule has 0 fully saturated rings. The monoisotopic (exact) mass is 222 g/mol. The van der Waals surface area contributed by atoms with Crippen LogP contribution in [-0.2, 0) is 20.6 Å². The number of rotatable bonds is 6. The predicted molar refractivity (Wildman–Crippen MR) is 55.3 cm³/mol. The quantitative estimate of drug-likeness (QED) is 0.547. The summed E-state index contributed by atoms with van der Waals surface area (Å²) in [6, 6.07) is 0. The molecule has 5 heteroatoms. The first-order valence-electron chi connectivity index (χ1n) is 4.75. The lowest BCUT2D eigenvalue weighted by Crippen LogP contribution is -2.26. The van der Waals surface area contributed by atoms with Crippen LogP contribution < -0.4 is 0 Å². The van der Waals surface area contributed by atoms with Crippen molar-refractivity contribution in [2.75, 3.05) is 6.61 Å². The van der Waals surface area contributed by atoms with Gasteiger partial charge in [-0.1, -0.05) is 20.3 Å². The van der Waals surface area contributed by atoms with E-state index < -0.39 is 22.3 Å². The minimum absolute atomic E-state index is 0.309. The maximum absolute atomic E-state index is 11.1. The molecule has 0 aromatic rings. The van der Waals surface area contributed by atoms with Gasteiger partial charge in [0, 0.05) is 0 Å². The van der Waals surface area contributed by atoms with Gasteiger partial charge in [-0.15, -0.1) is 0 Å². The van der Waals surface area contributed by atoms with Gasteiger partial charge < -0.3 is 9.29 Å². The van der Waals surface area contributed by atoms with Crippen molar-refractivity contribution in [3.05, 3.63) is 0 Å². The molecular formula is C9H18O4S. The topological polar surface area (TPSA) is 63.6 Å². The van der Waals surface area contributed by atoms with Gasteiger partial charge >= 0.3 is 5.97 Å². The van der Waals surface area contributed by atoms with Crippen molar-refractivity contribution in [3.63, 3.8) is 0 Å². The van der Waals surface area contributed by atoms with Gasteiger partial charge in [-0.05, 0) is 19.3 Å². The number of hydrogen-bond acceptors (Lipinski definition) is 3. The molecule has 0 radical (unpaired) electrons. The highest BCUT2D eigenvalue weighted by Crippen LogP contribution is 2.06. The number of carbonyl (C=O) groups is 1. The average molecular weight is 222 g/mol. The van der Waals surface area contributed by atoms with Crippen LogP contribution >= 0.6 is 0 Å². The summed E-state index contributed by atoms with van der Waals surface area (Å²) < 4.78 is 24.0. The van der Waals surface area contributed by atoms with E-state index in [1.165, 1.54) is 6.92 Å². The van der Waals surface area contributed by atoms with E-state index >= 15 is 0 Å². The highest BCUT2D eigenvalue weighted by Gasteiger charge is 2.20. The second-order valence-corrected chi connectivity index (χ2v) is 4.70. The molecule has 0 saturated carbocycles. The van der Waals surface area contributed by atoms with Crippen molar-refractivity contribution in [1.29, 1.82) is 0 Å². The highest BCUT2D eigenvalue weighted by atomic mass is 32.2. The van der Waals surface area contributed by atoms with Gasteiger partial charge in [-0.2, -0.15) is 0 Å². The lowest BCUT2D eigenvalue weighted by molar-refractivity contribution is -0.144. The standard InChI is InChI=1S/C9H18O4S/c1-4-5-7(2)6-13-9(10)8(3)14(11)12/h7-8H,4-6H2,1-3H3,(H,11,12). The molecule has 0 aliphatic heterocycles. The van der Waals surface area contributed by atoms with Crippen molar-refractivity contribution in [3.8, 4) is 0 Å². The Balaban J connectivity index is 3.79. The summed E-state index contributed by atoms with van der Waals surface area (Å²) in [7, 11) is 0. The van der Waals surface area contributed by atoms with Crippen LogP contribution in [0.1, 0.15) is 33.6 Å². The van der Waals surface area contributed by atoms with E-state index in [1.807, 2.05) is 6.92 Å². The lowest BCUT2D eigenvalue weighted by atomic mass is 10.1. The fourth-order valence-corrected chi connectivity index (χ4v) is 1.23. The zero-order valence-corrected chi connectivity index (χ0v) is 9.67. The Labute approximate surface area is 87.3 Å². The van der Waals surface area contributed by atoms with Crippen molar-refractivity contribution >= 4 is 17.0 Å². The Morgan fingerprint density at radius 1 is 1.50 bits per heavy atom. The van der Waals surface area contributed by atoms with E-state index in [0.717, 1.165) is 12.8 Å². The summed E-state index contributed by atoms with van der Waals surface area (Å²) in [6.45, 7) is 5.75. The van der Waals surface area contributed by atoms with Crippen LogP contribution in [0.3, 0.4) is 0 Å². The fourth-order valence-electron chi connectivity index (χ4n) is 1.00. The van der Waals surface area contributed by atoms with Gasteiger partial charge in [0.25, 0.3) is 0 Å². The molecule has 0 aliphatic carbocycles. The van der Waals surface area contributed by atoms with Gasteiger partial charge in [0.05, 0.1) is 6.61 Å². The summed E-state index contributed by atoms with van der Waals surface area (Å²) in [5, 5.41) is -0.955. The van der Waals surface area contributed by atoms with Crippen LogP contribution in [0.15, 0.2) is 0 Å². The molecule has 0 aromatic heterocycles. The molecule has 1 N–H and O–H groups in total. The number of esters is 1. The first-order valence-corrected chi connectivity index (χ1v) is 5.92. The molecule has 0 heterocycles. The maximum Gasteiger partial charge on any atom is 0.323 e. The lowest BCUT2D eigenvalue weighted by Gasteiger charge is -2.12. The summed E-state index contributed by atoms with van der Waals surface area (Å²) in [5.41, 5.74) is 0. The summed E-state index contributed by atoms with van der Waals surface area (Å²) in [6.07, 6.45) is 2.03. The molecule has 84 valence electrons. The van der Waals surface area contributed by atoms with Crippen molar-refractivity contribution in [2.24, 2.45) is 5.92 Å². The number of hydrogen-bond donors (Lipinski definition) is 1. The van der Waals surface area contributed by atoms with Crippen LogP contribution in [0, 0.1) is 5.92 Å². The maximum atomic E-state index is 11.1. The second kappa shape index (κ2) is 6.95. The third kappa shape index (κ3) is 5.34. The van der Waals surface area contributed by atoms with E-state index in [0.29, 0.717) is 12.5 Å². The molecule has 0 bridgehead atoms. The van der Waals surface area contributed by atoms with E-state index in [-0.39, 0.29) is 0 Å². The molecule has 0 rings (SSSR count). The Morgan fingerprint density at radius 3 is 2.50 bits per heavy atom. The Kier molecular flexibility index (Phi) is 6.74. The van der Waals surface area contributed by atoms with Crippen molar-refractivity contribution in [2.45, 2.75) is 38.9 Å². The minimum atomic E-state index is -2.13. The zero-order chi connectivity index (χ0) is 11.1. The fraction of sp³-hybridized carbons (Fsp3) is 0.889. The third-order valence-electron chi connectivity index (χ3n) is 1.93. The molecule has 0 aliphatic rings. The average Bonchev–Trinajstić information content (AvgIpc) is 2.13. The van der Waals surface area contributed by atoms with Crippen LogP contribution in [0.2, 0.25) is 0 Å². The van der Waals surface area contributed by atoms with E-state index in [9.17, 15) is 9.00 Å². The number of ether oxygens (including phenoxy) is 1. The predicted octanol–water partition coefficient (Wildman–Crippen LogP) is 1.58. The van der Waals surface area contributed by atoms with E-state index in [4.69, 9.17) is 9.29 Å². The molecule has 14 heavy (non-hydrogen) atoms. The Morgan fingerprint density at radius 2 is 2.07 bits per heavy atom. The minimum Gasteiger partial charge on any atom is -0.464 e. The van der Waals surface area contributed by atoms with Gasteiger partial charge in [-0.25, -0.2) is 4.21 Å². The first-order chi connectivity index (χ1) is 6.49. The second-order valence-electron chi connectivity index (χ2n) is 3.44. The van der Waals surface area contributed by atoms with Crippen LogP contribution in [0.5, 0.6) is 0 Å². The zero-order valence-electron chi connectivity index (χ0n) is 8.86. The Hall–Kier alpha value is -0.420. The molecular weight excluding hydrogens is 204 g/mol. The summed E-state index contributed by atoms with van der Waals surface area (Å²) in [5.74, 6) is -0.294. The Bertz CT molecular complexity index is 205. The van der Waals surface area contributed by atoms with E-state index in [1.54, 1.807) is 0 Å². The van der Waals surface area contributed by atoms with Crippen LogP contribution in [0.4, 0.5) is 0 Å². The van der Waals surface area contributed by atoms with Crippen LogP contribution in [-0.4, -0.2) is 26.6 Å². The molecule has 3 atom stereocenters. The smallest absolute Gasteiger partial charge is 0.323 e. The number of carbonyl (C=O) groups excluding carboxylic acids is 1. The van der Waals surface area contributed by atoms with Gasteiger partial charge in [-0.3, -0.25) is 4.79 Å². The highest BCUT2D eigenvalue weighted by molar-refractivity contribution is 7.80. The van der Waals surface area contributed by atoms with Gasteiger partial charge in [0.1, 0.15) is 0 Å². The molecule has 4 nitrogen and oxygen atoms in total. The van der Waals surface area contributed by atoms with Crippen LogP contribution in [0.25, 0.3) is 0 Å². The third-order valence-corrected chi connectivity index (χ3v) is 2.72. The van der Waals surface area contributed by atoms with Crippen molar-refractivity contribution < 1.29 is 18.3 Å². The molecule has 0 aromatic carbocycles. The largest absolute Gasteiger partial charge is 0.464 e. The van der Waals surface area contributed by atoms with Gasteiger partial charge in [0.15, 0.2) is 16.3 Å². The van der Waals surface area contributed by atoms with Gasteiger partial charge in [0.2, 0.25) is 0 Å². The molecule has 3 unspecified atom stereocenters. The SMILES string of the molecule is CCCC(C)COC(=O)C(C)S(=O)O. The molecule has 0 amide bonds. The van der Waals surface area contributed by atoms with Crippen molar-refractivity contribution in [1.82, 2.24) is 0 Å². The van der Waals surface area contributed by atoms with E-state index in [2.05, 4.69) is 6.92 Å². The molecule has 0 spiro atoms. The molecule has 0 saturated heterocycles.